The molecule has 4 aromatic rings. The normalized spacial score (nSPS) is 20.3. The van der Waals surface area contributed by atoms with Crippen LogP contribution in [0.1, 0.15) is 103 Å². The highest BCUT2D eigenvalue weighted by atomic mass is 14.5. The molecule has 0 N–H and O–H groups in total. The Morgan fingerprint density at radius 3 is 1.00 bits per heavy atom. The van der Waals surface area contributed by atoms with Gasteiger partial charge in [0.05, 0.1) is 0 Å². The van der Waals surface area contributed by atoms with Crippen molar-refractivity contribution in [1.29, 1.82) is 0 Å². The van der Waals surface area contributed by atoms with Crippen molar-refractivity contribution < 1.29 is 0 Å². The Kier molecular flexibility index (Phi) is 7.40. The van der Waals surface area contributed by atoms with E-state index in [1.165, 1.54) is 33.4 Å². The highest BCUT2D eigenvalue weighted by Gasteiger charge is 2.43. The Labute approximate surface area is 251 Å². The molecule has 0 saturated heterocycles. The molecule has 0 radical (unpaired) electrons. The Balaban J connectivity index is 1.59. The average Bonchev–Trinajstić information content (AvgIpc) is 3.06. The second-order valence-electron chi connectivity index (χ2n) is 11.6. The van der Waals surface area contributed by atoms with Crippen molar-refractivity contribution in [2.45, 2.75) is 36.5 Å². The molecule has 206 valence electrons. The molecule has 0 nitrogen and oxygen atoms in total. The highest BCUT2D eigenvalue weighted by molar-refractivity contribution is 5.70. The Morgan fingerprint density at radius 2 is 0.714 bits per heavy atom. The number of rotatable bonds is 8. The summed E-state index contributed by atoms with van der Waals surface area (Å²) in [6.45, 7) is 24.5. The molecule has 0 fully saturated rings. The quantitative estimate of drug-likeness (QED) is 0.208. The predicted molar refractivity (Wildman–Crippen MR) is 185 cm³/mol. The summed E-state index contributed by atoms with van der Waals surface area (Å²) in [6, 6.07) is 27.4. The van der Waals surface area contributed by atoms with E-state index in [-0.39, 0.29) is 11.8 Å². The van der Waals surface area contributed by atoms with Gasteiger partial charge in [-0.15, -0.1) is 0 Å². The van der Waals surface area contributed by atoms with Gasteiger partial charge in [-0.05, 0) is 91.4 Å². The smallest absolute Gasteiger partial charge is 0.00984 e. The molecule has 4 unspecified atom stereocenters. The molecule has 4 aromatic carbocycles. The molecule has 4 atom stereocenters. The molecule has 0 heterocycles. The number of benzene rings is 4. The second kappa shape index (κ2) is 11.3. The second-order valence-corrected chi connectivity index (χ2v) is 11.6. The van der Waals surface area contributed by atoms with Gasteiger partial charge >= 0.3 is 0 Å². The van der Waals surface area contributed by atoms with Crippen LogP contribution >= 0.6 is 0 Å². The minimum atomic E-state index is 0.278. The fourth-order valence-electron chi connectivity index (χ4n) is 7.43. The fourth-order valence-corrected chi connectivity index (χ4v) is 7.43. The highest BCUT2D eigenvalue weighted by Crippen LogP contribution is 2.58. The number of fused-ring (bicyclic) bond motifs is 5. The van der Waals surface area contributed by atoms with E-state index in [9.17, 15) is 0 Å². The average molecular weight is 543 g/mol. The maximum atomic E-state index is 4.16. The van der Waals surface area contributed by atoms with Gasteiger partial charge in [0.1, 0.15) is 0 Å². The van der Waals surface area contributed by atoms with Gasteiger partial charge in [0.15, 0.2) is 0 Å². The molecule has 6 rings (SSSR count). The van der Waals surface area contributed by atoms with Gasteiger partial charge in [-0.25, -0.2) is 0 Å². The molecule has 0 saturated carbocycles. The molecule has 0 amide bonds. The third-order valence-corrected chi connectivity index (χ3v) is 9.62. The van der Waals surface area contributed by atoms with Crippen LogP contribution in [0.2, 0.25) is 0 Å². The predicted octanol–water partition coefficient (Wildman–Crippen LogP) is 11.5. The lowest BCUT2D eigenvalue weighted by Crippen LogP contribution is -2.30. The van der Waals surface area contributed by atoms with Crippen molar-refractivity contribution in [3.05, 3.63) is 179 Å². The third kappa shape index (κ3) is 4.58. The minimum Gasteiger partial charge on any atom is -0.0985 e. The van der Waals surface area contributed by atoms with E-state index >= 15 is 0 Å². The third-order valence-electron chi connectivity index (χ3n) is 9.62. The first kappa shape index (κ1) is 27.5. The van der Waals surface area contributed by atoms with Crippen LogP contribution in [0.15, 0.2) is 112 Å². The van der Waals surface area contributed by atoms with Crippen molar-refractivity contribution in [2.24, 2.45) is 0 Å². The van der Waals surface area contributed by atoms with Crippen LogP contribution in [0.4, 0.5) is 0 Å². The van der Waals surface area contributed by atoms with Crippen molar-refractivity contribution in [1.82, 2.24) is 0 Å². The van der Waals surface area contributed by atoms with E-state index in [1.807, 2.05) is 36.5 Å². The van der Waals surface area contributed by atoms with Crippen LogP contribution in [0.25, 0.3) is 36.5 Å². The maximum absolute atomic E-state index is 4.16. The van der Waals surface area contributed by atoms with Gasteiger partial charge in [-0.3, -0.25) is 0 Å². The van der Waals surface area contributed by atoms with Crippen LogP contribution in [-0.2, 0) is 0 Å². The molecule has 2 aliphatic carbocycles. The lowest BCUT2D eigenvalue weighted by Gasteiger charge is -2.45. The van der Waals surface area contributed by atoms with Gasteiger partial charge in [-0.2, -0.15) is 0 Å². The first-order valence-electron chi connectivity index (χ1n) is 14.8. The van der Waals surface area contributed by atoms with Crippen LogP contribution in [0.5, 0.6) is 0 Å². The molecule has 0 bridgehead atoms. The van der Waals surface area contributed by atoms with Crippen molar-refractivity contribution in [2.75, 3.05) is 0 Å². The van der Waals surface area contributed by atoms with E-state index in [0.717, 1.165) is 46.2 Å². The van der Waals surface area contributed by atoms with Gasteiger partial charge in [0.2, 0.25) is 0 Å². The monoisotopic (exact) mass is 542 g/mol. The molecular weight excluding hydrogens is 504 g/mol. The van der Waals surface area contributed by atoms with Crippen LogP contribution < -0.4 is 0 Å². The summed E-state index contributed by atoms with van der Waals surface area (Å²) in [5, 5.41) is 0. The molecule has 0 aliphatic heterocycles. The van der Waals surface area contributed by atoms with Crippen molar-refractivity contribution >= 4 is 36.5 Å². The van der Waals surface area contributed by atoms with Crippen LogP contribution in [-0.4, -0.2) is 0 Å². The minimum absolute atomic E-state index is 0.278. The summed E-state index contributed by atoms with van der Waals surface area (Å²) >= 11 is 0. The summed E-state index contributed by atoms with van der Waals surface area (Å²) in [7, 11) is 0. The largest absolute Gasteiger partial charge is 0.0985 e. The van der Waals surface area contributed by atoms with Gasteiger partial charge < -0.3 is 0 Å². The Hall–Kier alpha value is -4.68. The first-order valence-corrected chi connectivity index (χ1v) is 14.8. The van der Waals surface area contributed by atoms with Gasteiger partial charge in [0, 0.05) is 11.8 Å². The zero-order chi connectivity index (χ0) is 29.4. The molecule has 42 heavy (non-hydrogen) atoms. The van der Waals surface area contributed by atoms with Gasteiger partial charge in [-0.1, -0.05) is 149 Å². The molecule has 0 heteroatoms. The van der Waals surface area contributed by atoms with E-state index in [1.54, 1.807) is 0 Å². The maximum Gasteiger partial charge on any atom is 0.00984 e. The summed E-state index contributed by atoms with van der Waals surface area (Å²) < 4.78 is 0. The fraction of sp³-hybridized carbons (Fsp3) is 0.143. The lowest BCUT2D eigenvalue weighted by atomic mass is 9.58. The Morgan fingerprint density at radius 1 is 0.405 bits per heavy atom. The van der Waals surface area contributed by atoms with E-state index in [4.69, 9.17) is 0 Å². The molecular formula is C42H38. The van der Waals surface area contributed by atoms with Crippen molar-refractivity contribution in [3.63, 3.8) is 0 Å². The summed E-state index contributed by atoms with van der Waals surface area (Å²) in [5.41, 5.74) is 15.3. The molecule has 0 aromatic heterocycles. The topological polar surface area (TPSA) is 0 Å². The van der Waals surface area contributed by atoms with Crippen molar-refractivity contribution in [3.8, 4) is 0 Å². The van der Waals surface area contributed by atoms with Crippen LogP contribution in [0, 0.1) is 0 Å². The SMILES string of the molecule is C=Cc1ccc(C2CC3c4cc(C=C)c(C=C)cc4C(c4ccc(C=C)cc4)CC3c3cc(C=C)c(C=C)cc32)cc1. The number of hydrogen-bond acceptors (Lipinski definition) is 0. The van der Waals surface area contributed by atoms with E-state index in [0.29, 0.717) is 11.8 Å². The van der Waals surface area contributed by atoms with E-state index < -0.39 is 0 Å². The summed E-state index contributed by atoms with van der Waals surface area (Å²) in [6.07, 6.45) is 13.8. The first-order chi connectivity index (χ1) is 20.5. The standard InChI is InChI=1S/C42H38/c1-7-27-13-17-33(18-14-27)35-25-41-40-24-32(12-6)30(10-4)22-38(40)36(34-19-15-28(8-2)16-20-34)26-42(41)39-23-31(11-5)29(9-3)21-37(35)39/h7-24,35-36,41-42H,1-6,25-26H2. The van der Waals surface area contributed by atoms with Crippen LogP contribution in [0.3, 0.4) is 0 Å². The molecule has 2 aliphatic rings. The zero-order valence-corrected chi connectivity index (χ0v) is 24.4. The number of hydrogen-bond donors (Lipinski definition) is 0. The lowest BCUT2D eigenvalue weighted by molar-refractivity contribution is 0.385. The molecule has 0 spiro atoms. The summed E-state index contributed by atoms with van der Waals surface area (Å²) in [5.74, 6) is 1.32. The summed E-state index contributed by atoms with van der Waals surface area (Å²) in [4.78, 5) is 0. The Bertz CT molecular complexity index is 1590. The zero-order valence-electron chi connectivity index (χ0n) is 24.4. The van der Waals surface area contributed by atoms with Gasteiger partial charge in [0.25, 0.3) is 0 Å². The van der Waals surface area contributed by atoms with E-state index in [2.05, 4.69) is 112 Å².